The molecule has 0 bridgehead atoms. The number of imidazole rings is 1. The number of fused-ring (bicyclic) bond motifs is 1. The van der Waals surface area contributed by atoms with Gasteiger partial charge in [0.25, 0.3) is 0 Å². The summed E-state index contributed by atoms with van der Waals surface area (Å²) in [7, 11) is -4.19. The average molecular weight is 580 g/mol. The lowest BCUT2D eigenvalue weighted by atomic mass is 10.1. The SMILES string of the molecule is CCOc1nc(N)nc2c1ncn2[C@@H]1O[C@H](COP(=O)(N[C@H](C)C(=O)OC(C)C)Oc2ccccc2)[C@@H](O)[C@H]1N. The first kappa shape index (κ1) is 29.6. The maximum atomic E-state index is 13.8. The number of aliphatic hydroxyl groups excluding tert-OH is 1. The predicted molar refractivity (Wildman–Crippen MR) is 143 cm³/mol. The lowest BCUT2D eigenvalue weighted by Gasteiger charge is -2.25. The summed E-state index contributed by atoms with van der Waals surface area (Å²) in [5.74, 6) is -0.252. The number of nitrogens with one attached hydrogen (secondary N) is 1. The molecule has 1 saturated heterocycles. The Kier molecular flexibility index (Phi) is 9.23. The van der Waals surface area contributed by atoms with Crippen LogP contribution in [0.25, 0.3) is 11.2 Å². The van der Waals surface area contributed by atoms with Crippen molar-refractivity contribution in [2.45, 2.75) is 64.3 Å². The van der Waals surface area contributed by atoms with Gasteiger partial charge in [-0.15, -0.1) is 0 Å². The van der Waals surface area contributed by atoms with Crippen LogP contribution in [0.2, 0.25) is 0 Å². The Labute approximate surface area is 230 Å². The van der Waals surface area contributed by atoms with E-state index in [4.69, 9.17) is 34.7 Å². The fraction of sp³-hybridized carbons (Fsp3) is 0.500. The first-order chi connectivity index (χ1) is 19.0. The number of anilines is 1. The van der Waals surface area contributed by atoms with Crippen LogP contribution in [0.4, 0.5) is 5.95 Å². The van der Waals surface area contributed by atoms with Crippen molar-refractivity contribution < 1.29 is 37.7 Å². The minimum Gasteiger partial charge on any atom is -0.476 e. The number of ether oxygens (including phenoxy) is 3. The average Bonchev–Trinajstić information content (AvgIpc) is 3.43. The molecule has 1 aliphatic heterocycles. The zero-order valence-electron chi connectivity index (χ0n) is 22.5. The van der Waals surface area contributed by atoms with E-state index in [1.54, 1.807) is 51.1 Å². The molecule has 3 heterocycles. The molecule has 0 amide bonds. The van der Waals surface area contributed by atoms with Crippen LogP contribution in [0.15, 0.2) is 36.7 Å². The van der Waals surface area contributed by atoms with Crippen molar-refractivity contribution in [2.24, 2.45) is 5.73 Å². The summed E-state index contributed by atoms with van der Waals surface area (Å²) in [6.07, 6.45) is -2.15. The first-order valence-electron chi connectivity index (χ1n) is 12.7. The first-order valence-corrected chi connectivity index (χ1v) is 14.2. The number of nitrogen functional groups attached to an aromatic ring is 1. The van der Waals surface area contributed by atoms with Crippen LogP contribution >= 0.6 is 7.75 Å². The minimum atomic E-state index is -4.19. The summed E-state index contributed by atoms with van der Waals surface area (Å²) in [6.45, 7) is 6.59. The summed E-state index contributed by atoms with van der Waals surface area (Å²) in [6, 6.07) is 6.31. The Hall–Kier alpha value is -3.33. The molecule has 1 unspecified atom stereocenters. The van der Waals surface area contributed by atoms with E-state index in [1.807, 2.05) is 0 Å². The predicted octanol–water partition coefficient (Wildman–Crippen LogP) is 1.53. The molecule has 6 N–H and O–H groups in total. The number of aliphatic hydroxyl groups is 1. The van der Waals surface area contributed by atoms with Crippen LogP contribution in [-0.2, 0) is 23.4 Å². The molecular formula is C24H34N7O8P. The molecule has 0 aliphatic carbocycles. The largest absolute Gasteiger partial charge is 0.476 e. The van der Waals surface area contributed by atoms with E-state index in [-0.39, 0.29) is 23.7 Å². The van der Waals surface area contributed by atoms with E-state index in [0.29, 0.717) is 17.8 Å². The number of hydrogen-bond donors (Lipinski definition) is 4. The third-order valence-electron chi connectivity index (χ3n) is 5.82. The van der Waals surface area contributed by atoms with Gasteiger partial charge in [-0.25, -0.2) is 9.55 Å². The summed E-state index contributed by atoms with van der Waals surface area (Å²) in [5, 5.41) is 13.5. The number of esters is 1. The maximum Gasteiger partial charge on any atom is 0.459 e. The summed E-state index contributed by atoms with van der Waals surface area (Å²) in [4.78, 5) is 25.0. The van der Waals surface area contributed by atoms with E-state index in [2.05, 4.69) is 20.0 Å². The summed E-state index contributed by atoms with van der Waals surface area (Å²) >= 11 is 0. The van der Waals surface area contributed by atoms with Gasteiger partial charge in [-0.1, -0.05) is 18.2 Å². The van der Waals surface area contributed by atoms with E-state index in [0.717, 1.165) is 0 Å². The molecule has 0 radical (unpaired) electrons. The van der Waals surface area contributed by atoms with E-state index in [9.17, 15) is 14.5 Å². The lowest BCUT2D eigenvalue weighted by molar-refractivity contribution is -0.149. The number of nitrogens with zero attached hydrogens (tertiary/aromatic N) is 4. The highest BCUT2D eigenvalue weighted by Gasteiger charge is 2.45. The van der Waals surface area contributed by atoms with Crippen LogP contribution in [0.5, 0.6) is 11.6 Å². The second kappa shape index (κ2) is 12.5. The van der Waals surface area contributed by atoms with E-state index >= 15 is 0 Å². The number of para-hydroxylation sites is 1. The zero-order valence-corrected chi connectivity index (χ0v) is 23.4. The van der Waals surface area contributed by atoms with Gasteiger partial charge < -0.3 is 35.3 Å². The van der Waals surface area contributed by atoms with Gasteiger partial charge in [-0.3, -0.25) is 13.9 Å². The van der Waals surface area contributed by atoms with Gasteiger partial charge in [0, 0.05) is 0 Å². The molecule has 2 aromatic heterocycles. The van der Waals surface area contributed by atoms with E-state index < -0.39 is 50.8 Å². The minimum absolute atomic E-state index is 0.0418. The number of rotatable bonds is 12. The zero-order chi connectivity index (χ0) is 29.0. The van der Waals surface area contributed by atoms with Crippen molar-refractivity contribution in [1.82, 2.24) is 24.6 Å². The number of carbonyl (C=O) groups is 1. The Bertz CT molecular complexity index is 1360. The van der Waals surface area contributed by atoms with Gasteiger partial charge in [-0.2, -0.15) is 15.1 Å². The van der Waals surface area contributed by atoms with Crippen molar-refractivity contribution in [1.29, 1.82) is 0 Å². The lowest BCUT2D eigenvalue weighted by Crippen LogP contribution is -2.41. The molecule has 16 heteroatoms. The van der Waals surface area contributed by atoms with Crippen LogP contribution < -0.4 is 25.8 Å². The molecule has 0 saturated carbocycles. The van der Waals surface area contributed by atoms with Crippen LogP contribution in [0.3, 0.4) is 0 Å². The van der Waals surface area contributed by atoms with Gasteiger partial charge in [0.2, 0.25) is 11.8 Å². The Morgan fingerprint density at radius 3 is 2.65 bits per heavy atom. The fourth-order valence-electron chi connectivity index (χ4n) is 3.99. The van der Waals surface area contributed by atoms with Gasteiger partial charge in [0.15, 0.2) is 17.4 Å². The summed E-state index contributed by atoms with van der Waals surface area (Å²) < 4.78 is 43.3. The van der Waals surface area contributed by atoms with Crippen molar-refractivity contribution in [2.75, 3.05) is 18.9 Å². The van der Waals surface area contributed by atoms with Crippen molar-refractivity contribution in [3.8, 4) is 11.6 Å². The second-order valence-electron chi connectivity index (χ2n) is 9.31. The highest BCUT2D eigenvalue weighted by molar-refractivity contribution is 7.52. The Balaban J connectivity index is 1.52. The van der Waals surface area contributed by atoms with Crippen molar-refractivity contribution in [3.63, 3.8) is 0 Å². The summed E-state index contributed by atoms with van der Waals surface area (Å²) in [5.41, 5.74) is 12.8. The van der Waals surface area contributed by atoms with E-state index in [1.165, 1.54) is 17.8 Å². The van der Waals surface area contributed by atoms with Gasteiger partial charge in [0.05, 0.1) is 31.7 Å². The molecule has 218 valence electrons. The second-order valence-corrected chi connectivity index (χ2v) is 11.0. The normalized spacial score (nSPS) is 23.2. The molecule has 4 rings (SSSR count). The molecule has 1 fully saturated rings. The van der Waals surface area contributed by atoms with Gasteiger partial charge in [0.1, 0.15) is 24.0 Å². The standard InChI is InChI=1S/C24H34N7O8P/c1-5-35-21-18-20(28-24(26)29-21)31(12-27-18)22-17(25)19(32)16(38-22)11-36-40(34,39-15-9-7-6-8-10-15)30-14(4)23(33)37-13(2)3/h6-10,12-14,16-17,19,22,32H,5,11,25H2,1-4H3,(H,30,34)(H2,26,28,29)/t14-,16-,17-,19-,22-,40?/m1/s1. The smallest absolute Gasteiger partial charge is 0.459 e. The van der Waals surface area contributed by atoms with Gasteiger partial charge >= 0.3 is 13.7 Å². The molecular weight excluding hydrogens is 545 g/mol. The molecule has 3 aromatic rings. The topological polar surface area (TPSA) is 208 Å². The monoisotopic (exact) mass is 579 g/mol. The molecule has 15 nitrogen and oxygen atoms in total. The van der Waals surface area contributed by atoms with Gasteiger partial charge in [-0.05, 0) is 39.8 Å². The molecule has 6 atom stereocenters. The quantitative estimate of drug-likeness (QED) is 0.177. The van der Waals surface area contributed by atoms with Crippen molar-refractivity contribution >= 4 is 30.8 Å². The third kappa shape index (κ3) is 6.69. The number of benzene rings is 1. The molecule has 40 heavy (non-hydrogen) atoms. The fourth-order valence-corrected chi connectivity index (χ4v) is 5.49. The highest BCUT2D eigenvalue weighted by Crippen LogP contribution is 2.46. The molecule has 1 aromatic carbocycles. The molecule has 1 aliphatic rings. The Morgan fingerprint density at radius 2 is 1.98 bits per heavy atom. The number of nitrogens with two attached hydrogens (primary N) is 2. The third-order valence-corrected chi connectivity index (χ3v) is 7.46. The molecule has 0 spiro atoms. The number of hydrogen-bond acceptors (Lipinski definition) is 13. The van der Waals surface area contributed by atoms with Crippen molar-refractivity contribution in [3.05, 3.63) is 36.7 Å². The number of carbonyl (C=O) groups excluding carboxylic acids is 1. The Morgan fingerprint density at radius 1 is 1.25 bits per heavy atom. The van der Waals surface area contributed by atoms with Crippen LogP contribution in [0, 0.1) is 0 Å². The number of aromatic nitrogens is 4. The van der Waals surface area contributed by atoms with Crippen LogP contribution in [0.1, 0.15) is 33.9 Å². The maximum absolute atomic E-state index is 13.8. The highest BCUT2D eigenvalue weighted by atomic mass is 31.2. The van der Waals surface area contributed by atoms with Crippen LogP contribution in [-0.4, -0.2) is 74.2 Å².